The van der Waals surface area contributed by atoms with Gasteiger partial charge in [-0.05, 0) is 12.5 Å². The SMILES string of the molecule is CCOCCC(=O)N1C[C@@H]2CN(C(C)=O)[C@@H](c3ccccc3)[C@@H]2C1. The Balaban J connectivity index is 1.72. The third kappa shape index (κ3) is 3.31. The molecule has 1 aromatic carbocycles. The summed E-state index contributed by atoms with van der Waals surface area (Å²) in [6.45, 7) is 6.94. The molecule has 5 heteroatoms. The van der Waals surface area contributed by atoms with Crippen LogP contribution in [0.5, 0.6) is 0 Å². The third-order valence-electron chi connectivity index (χ3n) is 5.23. The highest BCUT2D eigenvalue weighted by atomic mass is 16.5. The summed E-state index contributed by atoms with van der Waals surface area (Å²) in [5, 5.41) is 0. The van der Waals surface area contributed by atoms with Gasteiger partial charge < -0.3 is 14.5 Å². The van der Waals surface area contributed by atoms with Crippen LogP contribution in [0.1, 0.15) is 31.9 Å². The first-order chi connectivity index (χ1) is 11.6. The lowest BCUT2D eigenvalue weighted by molar-refractivity contribution is -0.132. The minimum absolute atomic E-state index is 0.0818. The first-order valence-corrected chi connectivity index (χ1v) is 8.79. The molecule has 24 heavy (non-hydrogen) atoms. The molecule has 3 rings (SSSR count). The maximum absolute atomic E-state index is 12.4. The van der Waals surface area contributed by atoms with Crippen LogP contribution in [0.2, 0.25) is 0 Å². The molecule has 0 N–H and O–H groups in total. The molecule has 5 nitrogen and oxygen atoms in total. The predicted molar refractivity (Wildman–Crippen MR) is 91.2 cm³/mol. The summed E-state index contributed by atoms with van der Waals surface area (Å²) >= 11 is 0. The van der Waals surface area contributed by atoms with E-state index in [9.17, 15) is 9.59 Å². The maximum Gasteiger partial charge on any atom is 0.224 e. The Morgan fingerprint density at radius 1 is 1.17 bits per heavy atom. The largest absolute Gasteiger partial charge is 0.381 e. The zero-order valence-electron chi connectivity index (χ0n) is 14.5. The van der Waals surface area contributed by atoms with Crippen molar-refractivity contribution in [2.75, 3.05) is 32.8 Å². The minimum atomic E-state index is 0.0818. The molecule has 0 saturated carbocycles. The fraction of sp³-hybridized carbons (Fsp3) is 0.579. The van der Waals surface area contributed by atoms with Gasteiger partial charge in [0.15, 0.2) is 0 Å². The van der Waals surface area contributed by atoms with Gasteiger partial charge in [-0.15, -0.1) is 0 Å². The van der Waals surface area contributed by atoms with Gasteiger partial charge in [0.25, 0.3) is 0 Å². The van der Waals surface area contributed by atoms with Gasteiger partial charge in [0.05, 0.1) is 19.1 Å². The Kier molecular flexibility index (Phi) is 5.19. The number of rotatable bonds is 5. The van der Waals surface area contributed by atoms with Crippen molar-refractivity contribution in [2.24, 2.45) is 11.8 Å². The molecule has 0 bridgehead atoms. The molecule has 0 unspecified atom stereocenters. The quantitative estimate of drug-likeness (QED) is 0.777. The Morgan fingerprint density at radius 2 is 1.92 bits per heavy atom. The van der Waals surface area contributed by atoms with Crippen LogP contribution in [0.3, 0.4) is 0 Å². The van der Waals surface area contributed by atoms with E-state index in [-0.39, 0.29) is 17.9 Å². The zero-order chi connectivity index (χ0) is 17.1. The van der Waals surface area contributed by atoms with Crippen molar-refractivity contribution >= 4 is 11.8 Å². The lowest BCUT2D eigenvalue weighted by Crippen LogP contribution is -2.36. The summed E-state index contributed by atoms with van der Waals surface area (Å²) in [4.78, 5) is 28.4. The molecule has 130 valence electrons. The summed E-state index contributed by atoms with van der Waals surface area (Å²) in [5.74, 6) is 0.981. The van der Waals surface area contributed by atoms with Crippen molar-refractivity contribution in [1.82, 2.24) is 9.80 Å². The fourth-order valence-corrected chi connectivity index (χ4v) is 4.11. The van der Waals surface area contributed by atoms with Crippen molar-refractivity contribution in [1.29, 1.82) is 0 Å². The van der Waals surface area contributed by atoms with Gasteiger partial charge in [-0.2, -0.15) is 0 Å². The summed E-state index contributed by atoms with van der Waals surface area (Å²) in [5.41, 5.74) is 1.17. The van der Waals surface area contributed by atoms with E-state index in [1.165, 1.54) is 5.56 Å². The van der Waals surface area contributed by atoms with E-state index in [1.807, 2.05) is 34.9 Å². The predicted octanol–water partition coefficient (Wildman–Crippen LogP) is 2.09. The van der Waals surface area contributed by atoms with Crippen LogP contribution in [0, 0.1) is 11.8 Å². The zero-order valence-corrected chi connectivity index (χ0v) is 14.5. The molecule has 2 aliphatic rings. The van der Waals surface area contributed by atoms with E-state index in [4.69, 9.17) is 4.74 Å². The molecule has 0 aromatic heterocycles. The highest BCUT2D eigenvalue weighted by molar-refractivity contribution is 5.77. The van der Waals surface area contributed by atoms with Crippen LogP contribution >= 0.6 is 0 Å². The standard InChI is InChI=1S/C19H26N2O3/c1-3-24-10-9-18(23)20-11-16-12-21(14(2)22)19(17(16)13-20)15-7-5-4-6-8-15/h4-8,16-17,19H,3,9-13H2,1-2H3/t16-,17-,19+/m1/s1. The van der Waals surface area contributed by atoms with Crippen LogP contribution in [0.4, 0.5) is 0 Å². The molecule has 2 amide bonds. The minimum Gasteiger partial charge on any atom is -0.381 e. The number of amides is 2. The first-order valence-electron chi connectivity index (χ1n) is 8.79. The third-order valence-corrected chi connectivity index (χ3v) is 5.23. The van der Waals surface area contributed by atoms with Crippen molar-refractivity contribution < 1.29 is 14.3 Å². The molecule has 0 spiro atoms. The average molecular weight is 330 g/mol. The highest BCUT2D eigenvalue weighted by Gasteiger charge is 2.49. The number of hydrogen-bond acceptors (Lipinski definition) is 3. The molecule has 0 radical (unpaired) electrons. The summed E-state index contributed by atoms with van der Waals surface area (Å²) in [6.07, 6.45) is 0.444. The number of hydrogen-bond donors (Lipinski definition) is 0. The fourth-order valence-electron chi connectivity index (χ4n) is 4.11. The Labute approximate surface area is 143 Å². The number of ether oxygens (including phenoxy) is 1. The lowest BCUT2D eigenvalue weighted by atomic mass is 9.89. The second kappa shape index (κ2) is 7.34. The van der Waals surface area contributed by atoms with Gasteiger partial charge in [-0.3, -0.25) is 9.59 Å². The molecule has 1 aromatic rings. The Bertz CT molecular complexity index is 590. The number of carbonyl (C=O) groups excluding carboxylic acids is 2. The molecule has 0 aliphatic carbocycles. The number of benzene rings is 1. The number of likely N-dealkylation sites (tertiary alicyclic amines) is 2. The lowest BCUT2D eigenvalue weighted by Gasteiger charge is -2.29. The number of carbonyl (C=O) groups is 2. The van der Waals surface area contributed by atoms with Crippen molar-refractivity contribution in [2.45, 2.75) is 26.3 Å². The Morgan fingerprint density at radius 3 is 2.58 bits per heavy atom. The second-order valence-electron chi connectivity index (χ2n) is 6.70. The monoisotopic (exact) mass is 330 g/mol. The van der Waals surface area contributed by atoms with Gasteiger partial charge in [0.2, 0.25) is 11.8 Å². The van der Waals surface area contributed by atoms with E-state index in [1.54, 1.807) is 6.92 Å². The average Bonchev–Trinajstić information content (AvgIpc) is 3.13. The molecule has 2 saturated heterocycles. The van der Waals surface area contributed by atoms with Crippen LogP contribution in [-0.4, -0.2) is 54.5 Å². The smallest absolute Gasteiger partial charge is 0.224 e. The Hall–Kier alpha value is -1.88. The van der Waals surface area contributed by atoms with Crippen LogP contribution in [-0.2, 0) is 14.3 Å². The first kappa shape index (κ1) is 17.0. The van der Waals surface area contributed by atoms with Crippen molar-refractivity contribution in [3.05, 3.63) is 35.9 Å². The van der Waals surface area contributed by atoms with Gasteiger partial charge >= 0.3 is 0 Å². The van der Waals surface area contributed by atoms with Crippen molar-refractivity contribution in [3.8, 4) is 0 Å². The van der Waals surface area contributed by atoms with Gasteiger partial charge in [-0.1, -0.05) is 30.3 Å². The molecule has 2 heterocycles. The molecule has 2 fully saturated rings. The van der Waals surface area contributed by atoms with E-state index < -0.39 is 0 Å². The summed E-state index contributed by atoms with van der Waals surface area (Å²) < 4.78 is 5.30. The topological polar surface area (TPSA) is 49.9 Å². The summed E-state index contributed by atoms with van der Waals surface area (Å²) in [6, 6.07) is 10.3. The van der Waals surface area contributed by atoms with Crippen LogP contribution < -0.4 is 0 Å². The maximum atomic E-state index is 12.4. The van der Waals surface area contributed by atoms with E-state index in [2.05, 4.69) is 12.1 Å². The van der Waals surface area contributed by atoms with E-state index in [0.29, 0.717) is 31.5 Å². The molecule has 2 aliphatic heterocycles. The van der Waals surface area contributed by atoms with Gasteiger partial charge in [-0.25, -0.2) is 0 Å². The van der Waals surface area contributed by atoms with E-state index >= 15 is 0 Å². The summed E-state index contributed by atoms with van der Waals surface area (Å²) in [7, 11) is 0. The molecular formula is C19H26N2O3. The highest BCUT2D eigenvalue weighted by Crippen LogP contribution is 2.44. The number of fused-ring (bicyclic) bond motifs is 1. The molecular weight excluding hydrogens is 304 g/mol. The van der Waals surface area contributed by atoms with Gasteiger partial charge in [0.1, 0.15) is 0 Å². The van der Waals surface area contributed by atoms with Crippen LogP contribution in [0.15, 0.2) is 30.3 Å². The number of nitrogens with zero attached hydrogens (tertiary/aromatic N) is 2. The second-order valence-corrected chi connectivity index (χ2v) is 6.70. The van der Waals surface area contributed by atoms with Crippen LogP contribution in [0.25, 0.3) is 0 Å². The van der Waals surface area contributed by atoms with E-state index in [0.717, 1.165) is 19.6 Å². The van der Waals surface area contributed by atoms with Crippen molar-refractivity contribution in [3.63, 3.8) is 0 Å². The van der Waals surface area contributed by atoms with Gasteiger partial charge in [0, 0.05) is 45.0 Å². The normalized spacial score (nSPS) is 25.8. The molecule has 3 atom stereocenters.